The number of likely N-dealkylation sites (N-methyl/N-ethyl adjacent to an activating group) is 1. The summed E-state index contributed by atoms with van der Waals surface area (Å²) in [6.07, 6.45) is 6.56. The van der Waals surface area contributed by atoms with Crippen LogP contribution in [0.2, 0.25) is 0 Å². The molecular formula is C29H37N3O5. The number of ether oxygens (including phenoxy) is 1. The minimum Gasteiger partial charge on any atom is -0.508 e. The molecule has 198 valence electrons. The van der Waals surface area contributed by atoms with Gasteiger partial charge in [0.25, 0.3) is 0 Å². The fraction of sp³-hybridized carbons (Fsp3) is 0.414. The summed E-state index contributed by atoms with van der Waals surface area (Å²) in [4.78, 5) is 41.0. The number of hydrogen-bond acceptors (Lipinski definition) is 5. The molecule has 0 saturated carbocycles. The summed E-state index contributed by atoms with van der Waals surface area (Å²) in [7, 11) is 1.53. The second kappa shape index (κ2) is 13.4. The number of carbonyl (C=O) groups is 3. The largest absolute Gasteiger partial charge is 0.508 e. The van der Waals surface area contributed by atoms with Gasteiger partial charge in [0.2, 0.25) is 11.8 Å². The molecular weight excluding hydrogens is 470 g/mol. The van der Waals surface area contributed by atoms with Crippen molar-refractivity contribution in [1.29, 1.82) is 0 Å². The van der Waals surface area contributed by atoms with E-state index in [1.165, 1.54) is 24.1 Å². The summed E-state index contributed by atoms with van der Waals surface area (Å²) >= 11 is 0. The molecule has 2 rings (SSSR count). The third kappa shape index (κ3) is 9.19. The highest BCUT2D eigenvalue weighted by Gasteiger charge is 2.34. The predicted octanol–water partition coefficient (Wildman–Crippen LogP) is 3.93. The monoisotopic (exact) mass is 507 g/mol. The second-order valence-corrected chi connectivity index (χ2v) is 9.83. The van der Waals surface area contributed by atoms with Gasteiger partial charge in [-0.1, -0.05) is 43.5 Å². The molecule has 37 heavy (non-hydrogen) atoms. The Kier molecular flexibility index (Phi) is 10.6. The number of alkyl carbamates (subject to hydrolysis) is 1. The summed E-state index contributed by atoms with van der Waals surface area (Å²) in [5, 5.41) is 15.2. The fourth-order valence-corrected chi connectivity index (χ4v) is 3.69. The van der Waals surface area contributed by atoms with E-state index >= 15 is 0 Å². The highest BCUT2D eigenvalue weighted by molar-refractivity contribution is 5.92. The molecule has 8 nitrogen and oxygen atoms in total. The molecule has 0 saturated heterocycles. The molecule has 2 aromatic carbocycles. The van der Waals surface area contributed by atoms with E-state index in [-0.39, 0.29) is 18.1 Å². The standard InChI is InChI=1S/C29H37N3O5/c1-7-9-18-30-26(34)25(22-14-10-20(8-2)11-15-22)32(6)27(35)24(31-28(36)37-29(3,4)5)19-21-12-16-23(33)17-13-21/h2,10-17,24-25,33H,7,9,18-19H2,1,3-6H3,(H,30,34)(H,31,36). The summed E-state index contributed by atoms with van der Waals surface area (Å²) in [5.74, 6) is 1.82. The lowest BCUT2D eigenvalue weighted by Gasteiger charge is -2.32. The number of nitrogens with one attached hydrogen (secondary N) is 2. The fourth-order valence-electron chi connectivity index (χ4n) is 3.69. The maximum atomic E-state index is 13.8. The van der Waals surface area contributed by atoms with Crippen LogP contribution in [0.15, 0.2) is 48.5 Å². The lowest BCUT2D eigenvalue weighted by molar-refractivity contribution is -0.140. The lowest BCUT2D eigenvalue weighted by Crippen LogP contribution is -2.52. The summed E-state index contributed by atoms with van der Waals surface area (Å²) in [5.41, 5.74) is 1.19. The molecule has 2 unspecified atom stereocenters. The summed E-state index contributed by atoms with van der Waals surface area (Å²) < 4.78 is 5.38. The Labute approximate surface area is 219 Å². The van der Waals surface area contributed by atoms with Crippen molar-refractivity contribution in [2.45, 2.75) is 64.6 Å². The normalized spacial score (nSPS) is 12.5. The third-order valence-corrected chi connectivity index (χ3v) is 5.57. The van der Waals surface area contributed by atoms with Gasteiger partial charge in [-0.15, -0.1) is 6.42 Å². The van der Waals surface area contributed by atoms with Crippen molar-refractivity contribution in [3.8, 4) is 18.1 Å². The van der Waals surface area contributed by atoms with Crippen LogP contribution in [0.25, 0.3) is 0 Å². The van der Waals surface area contributed by atoms with Crippen LogP contribution in [0.3, 0.4) is 0 Å². The van der Waals surface area contributed by atoms with Gasteiger partial charge < -0.3 is 25.4 Å². The molecule has 0 aliphatic rings. The quantitative estimate of drug-likeness (QED) is 0.334. The number of hydrogen-bond donors (Lipinski definition) is 3. The van der Waals surface area contributed by atoms with Gasteiger partial charge in [0.05, 0.1) is 0 Å². The van der Waals surface area contributed by atoms with E-state index in [0.29, 0.717) is 23.2 Å². The number of carbonyl (C=O) groups excluding carboxylic acids is 3. The minimum atomic E-state index is -1.03. The minimum absolute atomic E-state index is 0.0862. The highest BCUT2D eigenvalue weighted by atomic mass is 16.6. The van der Waals surface area contributed by atoms with E-state index in [1.54, 1.807) is 57.2 Å². The van der Waals surface area contributed by atoms with Gasteiger partial charge in [-0.3, -0.25) is 9.59 Å². The van der Waals surface area contributed by atoms with Crippen LogP contribution in [-0.2, 0) is 20.7 Å². The Morgan fingerprint density at radius 2 is 1.70 bits per heavy atom. The smallest absolute Gasteiger partial charge is 0.408 e. The van der Waals surface area contributed by atoms with Crippen molar-refractivity contribution < 1.29 is 24.2 Å². The van der Waals surface area contributed by atoms with Gasteiger partial charge in [0, 0.05) is 25.6 Å². The van der Waals surface area contributed by atoms with Crippen LogP contribution in [0, 0.1) is 12.3 Å². The van der Waals surface area contributed by atoms with Crippen molar-refractivity contribution in [3.05, 3.63) is 65.2 Å². The van der Waals surface area contributed by atoms with Gasteiger partial charge >= 0.3 is 6.09 Å². The van der Waals surface area contributed by atoms with Crippen LogP contribution >= 0.6 is 0 Å². The van der Waals surface area contributed by atoms with Crippen LogP contribution < -0.4 is 10.6 Å². The Balaban J connectivity index is 2.39. The van der Waals surface area contributed by atoms with Crippen LogP contribution in [0.1, 0.15) is 63.3 Å². The van der Waals surface area contributed by atoms with Gasteiger partial charge in [-0.2, -0.15) is 0 Å². The molecule has 3 amide bonds. The third-order valence-electron chi connectivity index (χ3n) is 5.57. The molecule has 8 heteroatoms. The Hall–Kier alpha value is -3.99. The first-order chi connectivity index (χ1) is 17.4. The molecule has 2 aromatic rings. The average Bonchev–Trinajstić information content (AvgIpc) is 2.84. The van der Waals surface area contributed by atoms with Crippen LogP contribution in [0.4, 0.5) is 4.79 Å². The zero-order valence-electron chi connectivity index (χ0n) is 22.2. The van der Waals surface area contributed by atoms with Gasteiger partial charge in [-0.25, -0.2) is 4.79 Å². The average molecular weight is 508 g/mol. The first kappa shape index (κ1) is 29.2. The van der Waals surface area contributed by atoms with E-state index in [0.717, 1.165) is 12.8 Å². The zero-order chi connectivity index (χ0) is 27.6. The Morgan fingerprint density at radius 3 is 2.24 bits per heavy atom. The first-order valence-electron chi connectivity index (χ1n) is 12.3. The van der Waals surface area contributed by atoms with E-state index in [1.807, 2.05) is 6.92 Å². The van der Waals surface area contributed by atoms with E-state index in [2.05, 4.69) is 16.6 Å². The Bertz CT molecular complexity index is 1100. The predicted molar refractivity (Wildman–Crippen MR) is 143 cm³/mol. The van der Waals surface area contributed by atoms with E-state index < -0.39 is 29.7 Å². The molecule has 0 aromatic heterocycles. The molecule has 3 N–H and O–H groups in total. The number of benzene rings is 2. The maximum absolute atomic E-state index is 13.8. The van der Waals surface area contributed by atoms with Crippen molar-refractivity contribution in [3.63, 3.8) is 0 Å². The number of rotatable bonds is 10. The second-order valence-electron chi connectivity index (χ2n) is 9.83. The first-order valence-corrected chi connectivity index (χ1v) is 12.3. The zero-order valence-corrected chi connectivity index (χ0v) is 22.2. The number of unbranched alkanes of at least 4 members (excludes halogenated alkanes) is 1. The number of terminal acetylenes is 1. The molecule has 0 spiro atoms. The molecule has 0 fully saturated rings. The molecule has 0 radical (unpaired) electrons. The lowest BCUT2D eigenvalue weighted by atomic mass is 10.00. The van der Waals surface area contributed by atoms with E-state index in [4.69, 9.17) is 11.2 Å². The number of nitrogens with zero attached hydrogens (tertiary/aromatic N) is 1. The van der Waals surface area contributed by atoms with E-state index in [9.17, 15) is 19.5 Å². The van der Waals surface area contributed by atoms with Crippen molar-refractivity contribution in [2.75, 3.05) is 13.6 Å². The van der Waals surface area contributed by atoms with Crippen molar-refractivity contribution in [2.24, 2.45) is 0 Å². The molecule has 2 atom stereocenters. The molecule has 0 aliphatic carbocycles. The summed E-state index contributed by atoms with van der Waals surface area (Å²) in [6.45, 7) is 7.68. The summed E-state index contributed by atoms with van der Waals surface area (Å²) in [6, 6.07) is 11.2. The van der Waals surface area contributed by atoms with Crippen molar-refractivity contribution in [1.82, 2.24) is 15.5 Å². The SMILES string of the molecule is C#Cc1ccc(C(C(=O)NCCCC)N(C)C(=O)C(Cc2ccc(O)cc2)NC(=O)OC(C)(C)C)cc1. The van der Waals surface area contributed by atoms with Gasteiger partial charge in [0.1, 0.15) is 23.4 Å². The molecule has 0 heterocycles. The highest BCUT2D eigenvalue weighted by Crippen LogP contribution is 2.23. The maximum Gasteiger partial charge on any atom is 0.408 e. The number of phenols is 1. The molecule has 0 bridgehead atoms. The Morgan fingerprint density at radius 1 is 1.08 bits per heavy atom. The van der Waals surface area contributed by atoms with Crippen molar-refractivity contribution >= 4 is 17.9 Å². The van der Waals surface area contributed by atoms with Crippen LogP contribution in [-0.4, -0.2) is 53.1 Å². The topological polar surface area (TPSA) is 108 Å². The number of phenolic OH excluding ortho intramolecular Hbond substituents is 1. The van der Waals surface area contributed by atoms with Crippen LogP contribution in [0.5, 0.6) is 5.75 Å². The van der Waals surface area contributed by atoms with Gasteiger partial charge in [-0.05, 0) is 62.6 Å². The number of amides is 3. The molecule has 0 aliphatic heterocycles. The van der Waals surface area contributed by atoms with Gasteiger partial charge in [0.15, 0.2) is 0 Å². The number of aromatic hydroxyl groups is 1.